The molecule has 3 aromatic rings. The van der Waals surface area contributed by atoms with Gasteiger partial charge in [-0.3, -0.25) is 4.79 Å². The van der Waals surface area contributed by atoms with Crippen molar-refractivity contribution in [2.75, 3.05) is 12.4 Å². The lowest BCUT2D eigenvalue weighted by molar-refractivity contribution is 0.343. The maximum atomic E-state index is 12.7. The smallest absolute Gasteiger partial charge is 0.260 e. The second-order valence-electron chi connectivity index (χ2n) is 7.12. The van der Waals surface area contributed by atoms with Crippen molar-refractivity contribution in [2.45, 2.75) is 43.7 Å². The summed E-state index contributed by atoms with van der Waals surface area (Å²) in [6.45, 7) is 6.77. The van der Waals surface area contributed by atoms with E-state index in [2.05, 4.69) is 23.8 Å². The molecule has 0 fully saturated rings. The molecule has 0 bridgehead atoms. The Bertz CT molecular complexity index is 1180. The maximum Gasteiger partial charge on any atom is 0.260 e. The van der Waals surface area contributed by atoms with Crippen LogP contribution in [0.5, 0.6) is 5.75 Å². The van der Waals surface area contributed by atoms with Crippen molar-refractivity contribution >= 4 is 43.3 Å². The Balaban J connectivity index is 1.63. The first kappa shape index (κ1) is 22.8. The highest BCUT2D eigenvalue weighted by atomic mass is 32.2. The van der Waals surface area contributed by atoms with Crippen LogP contribution >= 0.6 is 23.1 Å². The monoisotopic (exact) mass is 467 g/mol. The van der Waals surface area contributed by atoms with Crippen LogP contribution in [0, 0.1) is 12.8 Å². The molecule has 0 aliphatic carbocycles. The van der Waals surface area contributed by atoms with E-state index in [9.17, 15) is 13.2 Å². The fourth-order valence-corrected chi connectivity index (χ4v) is 5.29. The molecule has 0 aliphatic heterocycles. The van der Waals surface area contributed by atoms with E-state index < -0.39 is 10.0 Å². The van der Waals surface area contributed by atoms with E-state index in [1.807, 2.05) is 6.92 Å². The van der Waals surface area contributed by atoms with Crippen molar-refractivity contribution in [1.82, 2.24) is 9.97 Å². The number of rotatable bonds is 9. The van der Waals surface area contributed by atoms with Crippen LogP contribution in [0.15, 0.2) is 39.1 Å². The Labute approximate surface area is 184 Å². The number of nitrogens with two attached hydrogens (primary N) is 1. The van der Waals surface area contributed by atoms with Crippen LogP contribution in [0.25, 0.3) is 10.2 Å². The Kier molecular flexibility index (Phi) is 7.22. The van der Waals surface area contributed by atoms with Crippen LogP contribution < -0.4 is 15.4 Å². The van der Waals surface area contributed by atoms with E-state index in [-0.39, 0.29) is 10.5 Å². The first-order valence-corrected chi connectivity index (χ1v) is 12.9. The highest BCUT2D eigenvalue weighted by molar-refractivity contribution is 7.99. The molecule has 3 N–H and O–H groups in total. The summed E-state index contributed by atoms with van der Waals surface area (Å²) in [5, 5.41) is 6.36. The van der Waals surface area contributed by atoms with Gasteiger partial charge >= 0.3 is 0 Å². The summed E-state index contributed by atoms with van der Waals surface area (Å²) >= 11 is 2.97. The van der Waals surface area contributed by atoms with Crippen LogP contribution in [0.4, 0.5) is 0 Å². The quantitative estimate of drug-likeness (QED) is 0.282. The number of aromatic nitrogens is 2. The van der Waals surface area contributed by atoms with E-state index in [0.717, 1.165) is 28.1 Å². The highest BCUT2D eigenvalue weighted by Crippen LogP contribution is 2.30. The lowest BCUT2D eigenvalue weighted by atomic mass is 9.98. The van der Waals surface area contributed by atoms with Crippen molar-refractivity contribution in [3.05, 3.63) is 45.1 Å². The van der Waals surface area contributed by atoms with Gasteiger partial charge in [0.1, 0.15) is 10.6 Å². The predicted molar refractivity (Wildman–Crippen MR) is 122 cm³/mol. The molecule has 0 aliphatic rings. The third kappa shape index (κ3) is 5.42. The van der Waals surface area contributed by atoms with Gasteiger partial charge in [-0.1, -0.05) is 32.0 Å². The largest absolute Gasteiger partial charge is 0.493 e. The number of nitrogens with zero attached hydrogens (tertiary/aromatic N) is 1. The molecule has 162 valence electrons. The fraction of sp³-hybridized carbons (Fsp3) is 0.400. The Morgan fingerprint density at radius 2 is 2.00 bits per heavy atom. The molecule has 0 spiro atoms. The number of benzene rings is 1. The normalized spacial score (nSPS) is 12.9. The molecule has 1 aromatic carbocycles. The number of aryl methyl sites for hydroxylation is 1. The Morgan fingerprint density at radius 1 is 1.30 bits per heavy atom. The predicted octanol–water partition coefficient (Wildman–Crippen LogP) is 3.70. The molecule has 10 heteroatoms. The van der Waals surface area contributed by atoms with Crippen molar-refractivity contribution in [3.63, 3.8) is 0 Å². The Hall–Kier alpha value is -1.88. The van der Waals surface area contributed by atoms with Crippen LogP contribution in [0.1, 0.15) is 30.7 Å². The lowest BCUT2D eigenvalue weighted by Crippen LogP contribution is -2.12. The summed E-state index contributed by atoms with van der Waals surface area (Å²) in [7, 11) is -3.71. The lowest BCUT2D eigenvalue weighted by Gasteiger charge is -2.08. The van der Waals surface area contributed by atoms with Crippen molar-refractivity contribution < 1.29 is 13.2 Å². The number of thiophene rings is 1. The molecule has 1 unspecified atom stereocenters. The van der Waals surface area contributed by atoms with E-state index in [1.54, 1.807) is 23.5 Å². The fourth-order valence-electron chi connectivity index (χ4n) is 2.99. The average molecular weight is 468 g/mol. The molecule has 7 nitrogen and oxygen atoms in total. The standard InChI is InChI=1S/C20H25N3O4S3/c1-4-12(2)11-16-13(3)29-19-17(16)18(24)22-20(23-19)28-10-9-27-14-5-7-15(8-6-14)30(21,25)26/h5-8,12H,4,9-11H2,1-3H3,(H2,21,25,26)(H,22,23,24). The maximum absolute atomic E-state index is 12.7. The second kappa shape index (κ2) is 9.51. The van der Waals surface area contributed by atoms with Gasteiger partial charge in [0.05, 0.1) is 16.9 Å². The van der Waals surface area contributed by atoms with E-state index >= 15 is 0 Å². The van der Waals surface area contributed by atoms with Crippen LogP contribution in [-0.4, -0.2) is 30.7 Å². The molecule has 3 rings (SSSR count). The summed E-state index contributed by atoms with van der Waals surface area (Å²) in [5.41, 5.74) is 1.02. The molecule has 2 heterocycles. The zero-order valence-electron chi connectivity index (χ0n) is 17.1. The van der Waals surface area contributed by atoms with E-state index in [4.69, 9.17) is 9.88 Å². The number of ether oxygens (including phenoxy) is 1. The van der Waals surface area contributed by atoms with Crippen molar-refractivity contribution in [3.8, 4) is 5.75 Å². The number of H-pyrrole nitrogens is 1. The first-order valence-electron chi connectivity index (χ1n) is 9.59. The summed E-state index contributed by atoms with van der Waals surface area (Å²) < 4.78 is 28.2. The number of hydrogen-bond donors (Lipinski definition) is 2. The molecule has 0 saturated carbocycles. The van der Waals surface area contributed by atoms with Crippen molar-refractivity contribution in [2.24, 2.45) is 11.1 Å². The molecular formula is C20H25N3O4S3. The van der Waals surface area contributed by atoms with Crippen LogP contribution in [0.2, 0.25) is 0 Å². The van der Waals surface area contributed by atoms with Gasteiger partial charge in [-0.15, -0.1) is 11.3 Å². The Morgan fingerprint density at radius 3 is 2.63 bits per heavy atom. The average Bonchev–Trinajstić information content (AvgIpc) is 3.00. The SMILES string of the molecule is CCC(C)Cc1c(C)sc2nc(SCCOc3ccc(S(N)(=O)=O)cc3)[nH]c(=O)c12. The second-order valence-corrected chi connectivity index (χ2v) is 11.0. The van der Waals surface area contributed by atoms with Gasteiger partial charge in [-0.25, -0.2) is 18.5 Å². The summed E-state index contributed by atoms with van der Waals surface area (Å²) in [4.78, 5) is 22.2. The van der Waals surface area contributed by atoms with Gasteiger partial charge in [0.25, 0.3) is 5.56 Å². The zero-order valence-corrected chi connectivity index (χ0v) is 19.5. The molecular weight excluding hydrogens is 442 g/mol. The third-order valence-electron chi connectivity index (χ3n) is 4.83. The van der Waals surface area contributed by atoms with Gasteiger partial charge in [-0.05, 0) is 49.1 Å². The number of thioether (sulfide) groups is 1. The minimum absolute atomic E-state index is 0.0400. The van der Waals surface area contributed by atoms with Gasteiger partial charge < -0.3 is 9.72 Å². The van der Waals surface area contributed by atoms with Crippen LogP contribution in [-0.2, 0) is 16.4 Å². The number of sulfonamides is 1. The molecule has 0 radical (unpaired) electrons. The number of primary sulfonamides is 1. The molecule has 0 saturated heterocycles. The van der Waals surface area contributed by atoms with Gasteiger partial charge in [0, 0.05) is 10.6 Å². The number of aromatic amines is 1. The number of nitrogens with one attached hydrogen (secondary N) is 1. The summed E-state index contributed by atoms with van der Waals surface area (Å²) in [6.07, 6.45) is 1.96. The number of hydrogen-bond acceptors (Lipinski definition) is 7. The minimum atomic E-state index is -3.71. The zero-order chi connectivity index (χ0) is 21.9. The molecule has 2 aromatic heterocycles. The van der Waals surface area contributed by atoms with Gasteiger partial charge in [0.15, 0.2) is 5.16 Å². The molecule has 1 atom stereocenters. The number of fused-ring (bicyclic) bond motifs is 1. The summed E-state index contributed by atoms with van der Waals surface area (Å²) in [6, 6.07) is 5.93. The highest BCUT2D eigenvalue weighted by Gasteiger charge is 2.17. The van der Waals surface area contributed by atoms with Gasteiger partial charge in [0.2, 0.25) is 10.0 Å². The first-order chi connectivity index (χ1) is 14.2. The third-order valence-corrected chi connectivity index (χ3v) is 7.64. The summed E-state index contributed by atoms with van der Waals surface area (Å²) in [5.74, 6) is 1.64. The van der Waals surface area contributed by atoms with Crippen molar-refractivity contribution in [1.29, 1.82) is 0 Å². The van der Waals surface area contributed by atoms with Gasteiger partial charge in [-0.2, -0.15) is 0 Å². The minimum Gasteiger partial charge on any atom is -0.493 e. The van der Waals surface area contributed by atoms with Crippen LogP contribution in [0.3, 0.4) is 0 Å². The molecule has 30 heavy (non-hydrogen) atoms. The van der Waals surface area contributed by atoms with E-state index in [1.165, 1.54) is 23.9 Å². The topological polar surface area (TPSA) is 115 Å². The van der Waals surface area contributed by atoms with E-state index in [0.29, 0.717) is 34.6 Å². The molecule has 0 amide bonds.